The summed E-state index contributed by atoms with van der Waals surface area (Å²) in [6.45, 7) is 3.94. The third kappa shape index (κ3) is 3.84. The van der Waals surface area contributed by atoms with Crippen molar-refractivity contribution >= 4 is 22.6 Å². The van der Waals surface area contributed by atoms with E-state index in [0.29, 0.717) is 5.56 Å². The maximum absolute atomic E-state index is 11.4. The molecule has 1 saturated heterocycles. The normalized spacial score (nSPS) is 24.6. The van der Waals surface area contributed by atoms with E-state index in [1.165, 1.54) is 27.7 Å². The van der Waals surface area contributed by atoms with Crippen molar-refractivity contribution in [2.75, 3.05) is 25.5 Å². The molecule has 1 spiro atoms. The number of fused-ring (bicyclic) bond motifs is 1. The fraction of sp³-hybridized carbons (Fsp3) is 0.429. The first-order chi connectivity index (χ1) is 16.3. The summed E-state index contributed by atoms with van der Waals surface area (Å²) in [6.07, 6.45) is 6.10. The van der Waals surface area contributed by atoms with E-state index in [1.54, 1.807) is 12.1 Å². The lowest BCUT2D eigenvalue weighted by atomic mass is 9.56. The molecule has 3 aromatic rings. The number of carbonyl (C=O) groups is 1. The Kier molecular flexibility index (Phi) is 5.61. The van der Waals surface area contributed by atoms with Gasteiger partial charge in [-0.15, -0.1) is 0 Å². The van der Waals surface area contributed by atoms with E-state index >= 15 is 0 Å². The summed E-state index contributed by atoms with van der Waals surface area (Å²) in [6, 6.07) is 14.5. The number of nitriles is 1. The number of benzene rings is 2. The second-order valence-electron chi connectivity index (χ2n) is 10.5. The molecule has 2 N–H and O–H groups in total. The molecule has 6 heteroatoms. The molecule has 1 saturated carbocycles. The van der Waals surface area contributed by atoms with E-state index < -0.39 is 5.97 Å². The maximum atomic E-state index is 11.4. The number of anilines is 1. The zero-order valence-electron chi connectivity index (χ0n) is 20.1. The summed E-state index contributed by atoms with van der Waals surface area (Å²) in [5, 5.41) is 20.0. The monoisotopic (exact) mass is 456 g/mol. The fourth-order valence-electron chi connectivity index (χ4n) is 6.21. The molecule has 2 heterocycles. The molecule has 1 aromatic heterocycles. The van der Waals surface area contributed by atoms with Gasteiger partial charge in [0.05, 0.1) is 11.6 Å². The van der Waals surface area contributed by atoms with Crippen LogP contribution in [0, 0.1) is 29.6 Å². The van der Waals surface area contributed by atoms with Crippen LogP contribution in [0.25, 0.3) is 10.9 Å². The van der Waals surface area contributed by atoms with E-state index in [9.17, 15) is 15.2 Å². The number of aromatic amines is 1. The molecule has 6 nitrogen and oxygen atoms in total. The van der Waals surface area contributed by atoms with Crippen molar-refractivity contribution in [3.63, 3.8) is 0 Å². The summed E-state index contributed by atoms with van der Waals surface area (Å²) in [7, 11) is 4.20. The predicted octanol–water partition coefficient (Wildman–Crippen LogP) is 5.50. The van der Waals surface area contributed by atoms with Gasteiger partial charge >= 0.3 is 5.97 Å². The number of carboxylic acid groups (broad SMARTS) is 1. The average molecular weight is 457 g/mol. The third-order valence-electron chi connectivity index (χ3n) is 8.05. The van der Waals surface area contributed by atoms with Crippen molar-refractivity contribution in [2.24, 2.45) is 11.3 Å². The van der Waals surface area contributed by atoms with Crippen LogP contribution in [0.3, 0.4) is 0 Å². The Bertz CT molecular complexity index is 1260. The van der Waals surface area contributed by atoms with Gasteiger partial charge in [-0.2, -0.15) is 5.26 Å². The van der Waals surface area contributed by atoms with E-state index in [1.807, 2.05) is 18.3 Å². The Morgan fingerprint density at radius 1 is 1.24 bits per heavy atom. The van der Waals surface area contributed by atoms with Crippen molar-refractivity contribution < 1.29 is 9.90 Å². The SMILES string of the molecule is Cc1cc(N(C)C)c(CN2CCC3(CC(C#N)C3)C[C@H]2c2ccc(C(=O)O)cc2)c2cc[nH]c12. The van der Waals surface area contributed by atoms with Crippen molar-refractivity contribution in [3.05, 3.63) is 64.8 Å². The number of aromatic nitrogens is 1. The summed E-state index contributed by atoms with van der Waals surface area (Å²) in [5.74, 6) is -0.719. The first kappa shape index (κ1) is 22.5. The summed E-state index contributed by atoms with van der Waals surface area (Å²) < 4.78 is 0. The molecule has 1 aliphatic carbocycles. The molecular formula is C28H32N4O2. The first-order valence-corrected chi connectivity index (χ1v) is 12.0. The smallest absolute Gasteiger partial charge is 0.335 e. The third-order valence-corrected chi connectivity index (χ3v) is 8.05. The molecule has 2 aromatic carbocycles. The van der Waals surface area contributed by atoms with Crippen LogP contribution in [-0.2, 0) is 6.54 Å². The highest BCUT2D eigenvalue weighted by atomic mass is 16.4. The van der Waals surface area contributed by atoms with Crippen LogP contribution in [0.2, 0.25) is 0 Å². The molecule has 1 aliphatic heterocycles. The largest absolute Gasteiger partial charge is 0.478 e. The number of aromatic carboxylic acids is 1. The van der Waals surface area contributed by atoms with Crippen molar-refractivity contribution in [3.8, 4) is 6.07 Å². The lowest BCUT2D eigenvalue weighted by molar-refractivity contribution is -0.0296. The summed E-state index contributed by atoms with van der Waals surface area (Å²) in [4.78, 5) is 19.6. The Morgan fingerprint density at radius 2 is 1.97 bits per heavy atom. The highest BCUT2D eigenvalue weighted by Crippen LogP contribution is 2.56. The van der Waals surface area contributed by atoms with E-state index in [-0.39, 0.29) is 17.4 Å². The van der Waals surface area contributed by atoms with E-state index in [2.05, 4.69) is 54.0 Å². The van der Waals surface area contributed by atoms with Crippen LogP contribution in [0.1, 0.15) is 58.8 Å². The van der Waals surface area contributed by atoms with Crippen LogP contribution in [0.5, 0.6) is 0 Å². The minimum absolute atomic E-state index is 0.179. The Balaban J connectivity index is 1.52. The molecule has 5 rings (SSSR count). The predicted molar refractivity (Wildman–Crippen MR) is 134 cm³/mol. The zero-order valence-corrected chi connectivity index (χ0v) is 20.1. The van der Waals surface area contributed by atoms with Crippen molar-refractivity contribution in [1.82, 2.24) is 9.88 Å². The van der Waals surface area contributed by atoms with Crippen LogP contribution in [-0.4, -0.2) is 41.6 Å². The lowest BCUT2D eigenvalue weighted by Gasteiger charge is -2.53. The standard InChI is InChI=1S/C28H32N4O2/c1-18-12-24(31(2)3)23(22-8-10-30-26(18)22)17-32-11-9-28(13-19(14-28)16-29)15-25(32)20-4-6-21(7-5-20)27(33)34/h4-8,10,12,19,25,30H,9,11,13-15,17H2,1-3H3,(H,33,34)/t19?,25-,28?/m0/s1. The Morgan fingerprint density at radius 3 is 2.62 bits per heavy atom. The lowest BCUT2D eigenvalue weighted by Crippen LogP contribution is -2.48. The van der Waals surface area contributed by atoms with Gasteiger partial charge in [-0.05, 0) is 85.5 Å². The van der Waals surface area contributed by atoms with Gasteiger partial charge < -0.3 is 15.0 Å². The average Bonchev–Trinajstić information content (AvgIpc) is 3.30. The quantitative estimate of drug-likeness (QED) is 0.530. The number of piperidine rings is 1. The highest BCUT2D eigenvalue weighted by molar-refractivity contribution is 5.91. The first-order valence-electron chi connectivity index (χ1n) is 12.0. The number of likely N-dealkylation sites (tertiary alicyclic amines) is 1. The van der Waals surface area contributed by atoms with Crippen molar-refractivity contribution in [2.45, 2.75) is 45.2 Å². The number of nitrogens with one attached hydrogen (secondary N) is 1. The molecule has 0 radical (unpaired) electrons. The van der Waals surface area contributed by atoms with Crippen LogP contribution in [0.15, 0.2) is 42.6 Å². The molecule has 34 heavy (non-hydrogen) atoms. The second kappa shape index (κ2) is 8.48. The Labute approximate surface area is 200 Å². The second-order valence-corrected chi connectivity index (χ2v) is 10.5. The van der Waals surface area contributed by atoms with Gasteiger partial charge in [0.2, 0.25) is 0 Å². The molecule has 2 fully saturated rings. The van der Waals surface area contributed by atoms with E-state index in [0.717, 1.165) is 44.3 Å². The maximum Gasteiger partial charge on any atom is 0.335 e. The number of rotatable bonds is 5. The molecule has 1 atom stereocenters. The molecular weight excluding hydrogens is 424 g/mol. The van der Waals surface area contributed by atoms with Gasteiger partial charge in [-0.25, -0.2) is 4.79 Å². The van der Waals surface area contributed by atoms with Crippen LogP contribution < -0.4 is 4.90 Å². The van der Waals surface area contributed by atoms with Gasteiger partial charge in [-0.1, -0.05) is 12.1 Å². The van der Waals surface area contributed by atoms with E-state index in [4.69, 9.17) is 0 Å². The minimum atomic E-state index is -0.899. The molecule has 0 bridgehead atoms. The zero-order chi connectivity index (χ0) is 24.0. The van der Waals surface area contributed by atoms with Crippen molar-refractivity contribution in [1.29, 1.82) is 5.26 Å². The van der Waals surface area contributed by atoms with Gasteiger partial charge in [0, 0.05) is 55.4 Å². The number of nitrogens with zero attached hydrogens (tertiary/aromatic N) is 3. The highest BCUT2D eigenvalue weighted by Gasteiger charge is 2.49. The molecule has 0 unspecified atom stereocenters. The summed E-state index contributed by atoms with van der Waals surface area (Å²) in [5.41, 5.74) is 6.69. The van der Waals surface area contributed by atoms with Gasteiger partial charge in [0.25, 0.3) is 0 Å². The van der Waals surface area contributed by atoms with Gasteiger partial charge in [0.15, 0.2) is 0 Å². The van der Waals surface area contributed by atoms with Gasteiger partial charge in [-0.3, -0.25) is 4.90 Å². The minimum Gasteiger partial charge on any atom is -0.478 e. The van der Waals surface area contributed by atoms with Crippen LogP contribution >= 0.6 is 0 Å². The number of carboxylic acids is 1. The fourth-order valence-corrected chi connectivity index (χ4v) is 6.21. The molecule has 2 aliphatic rings. The molecule has 0 amide bonds. The number of hydrogen-bond acceptors (Lipinski definition) is 4. The summed E-state index contributed by atoms with van der Waals surface area (Å²) >= 11 is 0. The Hall–Kier alpha value is -3.30. The number of H-pyrrole nitrogens is 1. The number of hydrogen-bond donors (Lipinski definition) is 2. The van der Waals surface area contributed by atoms with Crippen LogP contribution in [0.4, 0.5) is 5.69 Å². The topological polar surface area (TPSA) is 83.4 Å². The number of aryl methyl sites for hydroxylation is 1. The molecule has 176 valence electrons. The van der Waals surface area contributed by atoms with Gasteiger partial charge in [0.1, 0.15) is 0 Å².